The highest BCUT2D eigenvalue weighted by molar-refractivity contribution is 5.57. The summed E-state index contributed by atoms with van der Waals surface area (Å²) in [5.41, 5.74) is 0. The van der Waals surface area contributed by atoms with Crippen molar-refractivity contribution in [3.63, 3.8) is 0 Å². The fraction of sp³-hybridized carbons (Fsp3) is 0.400. The first kappa shape index (κ1) is 7.01. The molecule has 8 heavy (non-hydrogen) atoms. The predicted octanol–water partition coefficient (Wildman–Crippen LogP) is 1.60. The van der Waals surface area contributed by atoms with Gasteiger partial charge < -0.3 is 9.84 Å². The molecule has 0 radical (unpaired) electrons. The topological polar surface area (TPSA) is 46.5 Å². The highest BCUT2D eigenvalue weighted by Crippen LogP contribution is 1.81. The molecule has 0 bridgehead atoms. The molecule has 0 rings (SSSR count). The number of hydrogen-bond donors (Lipinski definition) is 1. The van der Waals surface area contributed by atoms with Crippen molar-refractivity contribution in [3.8, 4) is 0 Å². The van der Waals surface area contributed by atoms with E-state index in [-0.39, 0.29) is 0 Å². The van der Waals surface area contributed by atoms with Gasteiger partial charge in [-0.15, -0.1) is 0 Å². The van der Waals surface area contributed by atoms with Crippen LogP contribution in [0.15, 0.2) is 12.3 Å². The number of allylic oxidation sites excluding steroid dienone is 1. The molecule has 3 nitrogen and oxygen atoms in total. The summed E-state index contributed by atoms with van der Waals surface area (Å²) in [6.45, 7) is 1.89. The zero-order chi connectivity index (χ0) is 6.41. The summed E-state index contributed by atoms with van der Waals surface area (Å²) in [6, 6.07) is 0. The molecule has 0 aliphatic rings. The van der Waals surface area contributed by atoms with Crippen molar-refractivity contribution in [1.82, 2.24) is 0 Å². The van der Waals surface area contributed by atoms with E-state index in [2.05, 4.69) is 4.74 Å². The zero-order valence-electron chi connectivity index (χ0n) is 4.63. The van der Waals surface area contributed by atoms with Gasteiger partial charge in [0.05, 0.1) is 6.26 Å². The van der Waals surface area contributed by atoms with Crippen molar-refractivity contribution in [3.05, 3.63) is 12.3 Å². The van der Waals surface area contributed by atoms with E-state index in [4.69, 9.17) is 5.11 Å². The molecular weight excluding hydrogens is 108 g/mol. The Bertz CT molecular complexity index is 95.8. The Morgan fingerprint density at radius 2 is 2.50 bits per heavy atom. The van der Waals surface area contributed by atoms with Gasteiger partial charge in [0, 0.05) is 0 Å². The second-order valence-electron chi connectivity index (χ2n) is 1.16. The van der Waals surface area contributed by atoms with Crippen LogP contribution in [0.5, 0.6) is 0 Å². The molecule has 0 spiro atoms. The third kappa shape index (κ3) is 5.01. The minimum Gasteiger partial charge on any atom is -0.449 e. The molecule has 46 valence electrons. The zero-order valence-corrected chi connectivity index (χ0v) is 4.63. The van der Waals surface area contributed by atoms with Crippen LogP contribution in [0, 0.1) is 0 Å². The molecule has 0 amide bonds. The molecule has 0 heterocycles. The summed E-state index contributed by atoms with van der Waals surface area (Å²) < 4.78 is 4.02. The minimum atomic E-state index is -1.27. The summed E-state index contributed by atoms with van der Waals surface area (Å²) in [7, 11) is 0. The Hall–Kier alpha value is -0.990. The Kier molecular flexibility index (Phi) is 3.66. The average molecular weight is 116 g/mol. The Morgan fingerprint density at radius 3 is 2.88 bits per heavy atom. The Morgan fingerprint density at radius 1 is 1.88 bits per heavy atom. The third-order valence-electron chi connectivity index (χ3n) is 0.501. The van der Waals surface area contributed by atoms with Gasteiger partial charge in [0.15, 0.2) is 0 Å². The smallest absolute Gasteiger partial charge is 0.449 e. The van der Waals surface area contributed by atoms with Gasteiger partial charge >= 0.3 is 6.16 Å². The first-order valence-electron chi connectivity index (χ1n) is 2.32. The van der Waals surface area contributed by atoms with Gasteiger partial charge in [0.1, 0.15) is 0 Å². The lowest BCUT2D eigenvalue weighted by Crippen LogP contribution is -1.90. The van der Waals surface area contributed by atoms with E-state index in [1.54, 1.807) is 6.08 Å². The fourth-order valence-electron chi connectivity index (χ4n) is 0.203. The van der Waals surface area contributed by atoms with E-state index < -0.39 is 6.16 Å². The van der Waals surface area contributed by atoms with Gasteiger partial charge in [-0.05, 0) is 12.5 Å². The van der Waals surface area contributed by atoms with Gasteiger partial charge in [-0.2, -0.15) is 0 Å². The van der Waals surface area contributed by atoms with E-state index >= 15 is 0 Å². The Balaban J connectivity index is 3.16. The van der Waals surface area contributed by atoms with Crippen molar-refractivity contribution in [2.24, 2.45) is 0 Å². The standard InChI is InChI=1S/C5H8O3/c1-2-3-4-8-5(6)7/h3-4H,2H2,1H3,(H,6,7)/b4-3+. The monoisotopic (exact) mass is 116 g/mol. The molecule has 0 saturated carbocycles. The first-order chi connectivity index (χ1) is 3.77. The lowest BCUT2D eigenvalue weighted by molar-refractivity contribution is 0.128. The van der Waals surface area contributed by atoms with Crippen LogP contribution in [0.1, 0.15) is 13.3 Å². The van der Waals surface area contributed by atoms with Crippen LogP contribution in [-0.4, -0.2) is 11.3 Å². The van der Waals surface area contributed by atoms with Crippen LogP contribution in [0.25, 0.3) is 0 Å². The molecule has 1 N–H and O–H groups in total. The summed E-state index contributed by atoms with van der Waals surface area (Å²) >= 11 is 0. The van der Waals surface area contributed by atoms with Gasteiger partial charge in [-0.3, -0.25) is 0 Å². The number of carboxylic acid groups (broad SMARTS) is 1. The lowest BCUT2D eigenvalue weighted by Gasteiger charge is -1.85. The molecule has 0 fully saturated rings. The van der Waals surface area contributed by atoms with Crippen LogP contribution in [-0.2, 0) is 4.74 Å². The van der Waals surface area contributed by atoms with Crippen molar-refractivity contribution < 1.29 is 14.6 Å². The molecule has 0 aromatic rings. The van der Waals surface area contributed by atoms with Crippen LogP contribution in [0.2, 0.25) is 0 Å². The molecule has 0 aliphatic heterocycles. The average Bonchev–Trinajstić information content (AvgIpc) is 1.66. The molecule has 0 unspecified atom stereocenters. The number of ether oxygens (including phenoxy) is 1. The van der Waals surface area contributed by atoms with Crippen molar-refractivity contribution in [1.29, 1.82) is 0 Å². The molecule has 0 aliphatic carbocycles. The number of hydrogen-bond acceptors (Lipinski definition) is 2. The normalized spacial score (nSPS) is 9.62. The SMILES string of the molecule is CC/C=C/OC(=O)O. The molecular formula is C5H8O3. The fourth-order valence-corrected chi connectivity index (χ4v) is 0.203. The maximum atomic E-state index is 9.60. The highest BCUT2D eigenvalue weighted by Gasteiger charge is 1.86. The Labute approximate surface area is 47.6 Å². The minimum absolute atomic E-state index is 0.785. The molecule has 0 saturated heterocycles. The summed E-state index contributed by atoms with van der Waals surface area (Å²) in [5, 5.41) is 7.87. The van der Waals surface area contributed by atoms with Crippen LogP contribution >= 0.6 is 0 Å². The van der Waals surface area contributed by atoms with E-state index in [0.29, 0.717) is 0 Å². The molecule has 3 heteroatoms. The van der Waals surface area contributed by atoms with E-state index in [1.165, 1.54) is 0 Å². The molecule has 0 aromatic heterocycles. The summed E-state index contributed by atoms with van der Waals surface area (Å²) in [4.78, 5) is 9.60. The maximum absolute atomic E-state index is 9.60. The van der Waals surface area contributed by atoms with Crippen molar-refractivity contribution in [2.75, 3.05) is 0 Å². The third-order valence-corrected chi connectivity index (χ3v) is 0.501. The second-order valence-corrected chi connectivity index (χ2v) is 1.16. The summed E-state index contributed by atoms with van der Waals surface area (Å²) in [5.74, 6) is 0. The van der Waals surface area contributed by atoms with Gasteiger partial charge in [-0.1, -0.05) is 6.92 Å². The van der Waals surface area contributed by atoms with Crippen molar-refractivity contribution >= 4 is 6.16 Å². The predicted molar refractivity (Wildman–Crippen MR) is 28.5 cm³/mol. The van der Waals surface area contributed by atoms with Gasteiger partial charge in [0.2, 0.25) is 0 Å². The summed E-state index contributed by atoms with van der Waals surface area (Å²) in [6.07, 6.45) is 2.29. The first-order valence-corrected chi connectivity index (χ1v) is 2.32. The van der Waals surface area contributed by atoms with Crippen molar-refractivity contribution in [2.45, 2.75) is 13.3 Å². The van der Waals surface area contributed by atoms with Gasteiger partial charge in [-0.25, -0.2) is 4.79 Å². The van der Waals surface area contributed by atoms with Crippen LogP contribution in [0.4, 0.5) is 4.79 Å². The van der Waals surface area contributed by atoms with Crippen LogP contribution in [0.3, 0.4) is 0 Å². The van der Waals surface area contributed by atoms with Gasteiger partial charge in [0.25, 0.3) is 0 Å². The number of rotatable bonds is 2. The highest BCUT2D eigenvalue weighted by atomic mass is 16.7. The quantitative estimate of drug-likeness (QED) is 0.440. The lowest BCUT2D eigenvalue weighted by atomic mass is 10.5. The van der Waals surface area contributed by atoms with Crippen LogP contribution < -0.4 is 0 Å². The second kappa shape index (κ2) is 4.18. The maximum Gasteiger partial charge on any atom is 0.510 e. The molecule has 0 atom stereocenters. The van der Waals surface area contributed by atoms with E-state index in [0.717, 1.165) is 12.7 Å². The molecule has 0 aromatic carbocycles. The van der Waals surface area contributed by atoms with E-state index in [1.807, 2.05) is 6.92 Å². The largest absolute Gasteiger partial charge is 0.510 e. The van der Waals surface area contributed by atoms with E-state index in [9.17, 15) is 4.79 Å². The number of carbonyl (C=O) groups is 1.